The van der Waals surface area contributed by atoms with Crippen LogP contribution in [0.5, 0.6) is 5.75 Å². The number of nitrogens with one attached hydrogen (secondary N) is 1. The highest BCUT2D eigenvalue weighted by Gasteiger charge is 2.17. The first-order valence-electron chi connectivity index (χ1n) is 6.16. The van der Waals surface area contributed by atoms with Crippen LogP contribution in [0.25, 0.3) is 0 Å². The Morgan fingerprint density at radius 2 is 1.90 bits per heavy atom. The van der Waals surface area contributed by atoms with Gasteiger partial charge in [0.05, 0.1) is 15.2 Å². The largest absolute Gasteiger partial charge is 0.506 e. The topological polar surface area (TPSA) is 69.6 Å². The molecule has 3 N–H and O–H groups in total. The number of carbonyl (C=O) groups is 1. The lowest BCUT2D eigenvalue weighted by Gasteiger charge is -2.14. The number of halogens is 2. The first kappa shape index (κ1) is 16.5. The summed E-state index contributed by atoms with van der Waals surface area (Å²) in [4.78, 5) is 12.4. The van der Waals surface area contributed by atoms with Crippen LogP contribution in [0.3, 0.4) is 0 Å². The summed E-state index contributed by atoms with van der Waals surface area (Å²) >= 11 is 4.08. The van der Waals surface area contributed by atoms with Crippen LogP contribution in [0.4, 0.5) is 5.69 Å². The highest BCUT2D eigenvalue weighted by molar-refractivity contribution is 14.1. The van der Waals surface area contributed by atoms with Crippen molar-refractivity contribution in [3.8, 4) is 5.75 Å². The zero-order chi connectivity index (χ0) is 15.6. The fourth-order valence-corrected chi connectivity index (χ4v) is 3.75. The van der Waals surface area contributed by atoms with E-state index in [1.54, 1.807) is 43.3 Å². The summed E-state index contributed by atoms with van der Waals surface area (Å²) in [5.41, 5.74) is 1.38. The second-order valence-electron chi connectivity index (χ2n) is 4.50. The Labute approximate surface area is 149 Å². The van der Waals surface area contributed by atoms with Gasteiger partial charge in [-0.15, -0.1) is 0 Å². The van der Waals surface area contributed by atoms with Crippen LogP contribution in [0.2, 0.25) is 0 Å². The Balaban J connectivity index is 2.35. The van der Waals surface area contributed by atoms with Gasteiger partial charge in [0.25, 0.3) is 5.91 Å². The maximum absolute atomic E-state index is 12.4. The molecule has 6 heteroatoms. The molecule has 1 amide bonds. The summed E-state index contributed by atoms with van der Waals surface area (Å²) in [6, 6.07) is 10.5. The molecule has 0 saturated carbocycles. The molecule has 0 aliphatic heterocycles. The van der Waals surface area contributed by atoms with Crippen molar-refractivity contribution in [3.63, 3.8) is 0 Å². The van der Waals surface area contributed by atoms with Crippen LogP contribution in [0.15, 0.2) is 36.4 Å². The maximum atomic E-state index is 12.4. The molecule has 0 aliphatic rings. The number of aliphatic hydroxyl groups excluding tert-OH is 1. The highest BCUT2D eigenvalue weighted by atomic mass is 127. The quantitative estimate of drug-likeness (QED) is 0.551. The van der Waals surface area contributed by atoms with Crippen molar-refractivity contribution < 1.29 is 15.0 Å². The van der Waals surface area contributed by atoms with Gasteiger partial charge in [-0.3, -0.25) is 4.79 Å². The van der Waals surface area contributed by atoms with Gasteiger partial charge in [-0.25, -0.2) is 0 Å². The van der Waals surface area contributed by atoms with E-state index in [-0.39, 0.29) is 11.3 Å². The fourth-order valence-electron chi connectivity index (χ4n) is 1.90. The molecular weight excluding hydrogens is 496 g/mol. The molecule has 0 fully saturated rings. The SMILES string of the molecule is CC(O)c1ccccc1NC(=O)c1cc(I)cc(I)c1O. The number of aromatic hydroxyl groups is 1. The molecule has 0 saturated heterocycles. The molecule has 1 unspecified atom stereocenters. The smallest absolute Gasteiger partial charge is 0.259 e. The second kappa shape index (κ2) is 6.93. The van der Waals surface area contributed by atoms with Gasteiger partial charge in [-0.05, 0) is 70.3 Å². The van der Waals surface area contributed by atoms with Crippen LogP contribution in [-0.2, 0) is 0 Å². The molecular formula is C15H13I2NO3. The third-order valence-corrected chi connectivity index (χ3v) is 4.38. The molecule has 0 spiro atoms. The zero-order valence-corrected chi connectivity index (χ0v) is 15.4. The van der Waals surface area contributed by atoms with E-state index in [1.165, 1.54) is 0 Å². The number of hydrogen-bond acceptors (Lipinski definition) is 3. The average molecular weight is 509 g/mol. The molecule has 1 atom stereocenters. The third kappa shape index (κ3) is 3.86. The number of phenolic OH excluding ortho intramolecular Hbond substituents is 1. The number of anilines is 1. The summed E-state index contributed by atoms with van der Waals surface area (Å²) in [5.74, 6) is -0.444. The average Bonchev–Trinajstić information content (AvgIpc) is 2.43. The lowest BCUT2D eigenvalue weighted by molar-refractivity contribution is 0.102. The molecule has 2 aromatic carbocycles. The lowest BCUT2D eigenvalue weighted by Crippen LogP contribution is -2.14. The van der Waals surface area contributed by atoms with Gasteiger partial charge >= 0.3 is 0 Å². The van der Waals surface area contributed by atoms with Crippen LogP contribution >= 0.6 is 45.2 Å². The van der Waals surface area contributed by atoms with E-state index in [9.17, 15) is 15.0 Å². The predicted molar refractivity (Wildman–Crippen MR) is 98.6 cm³/mol. The van der Waals surface area contributed by atoms with E-state index in [1.807, 2.05) is 22.6 Å². The minimum atomic E-state index is -0.689. The van der Waals surface area contributed by atoms with Gasteiger partial charge in [0.2, 0.25) is 0 Å². The maximum Gasteiger partial charge on any atom is 0.259 e. The first-order chi connectivity index (χ1) is 9.90. The number of rotatable bonds is 3. The van der Waals surface area contributed by atoms with E-state index in [0.29, 0.717) is 14.8 Å². The Hall–Kier alpha value is -0.870. The van der Waals surface area contributed by atoms with E-state index in [4.69, 9.17) is 0 Å². The van der Waals surface area contributed by atoms with Gasteiger partial charge < -0.3 is 15.5 Å². The molecule has 0 aromatic heterocycles. The van der Waals surface area contributed by atoms with Gasteiger partial charge in [0.1, 0.15) is 5.75 Å². The second-order valence-corrected chi connectivity index (χ2v) is 6.91. The van der Waals surface area contributed by atoms with E-state index in [0.717, 1.165) is 3.57 Å². The number of amides is 1. The van der Waals surface area contributed by atoms with Crippen molar-refractivity contribution in [1.29, 1.82) is 0 Å². The van der Waals surface area contributed by atoms with Gasteiger partial charge in [-0.1, -0.05) is 18.2 Å². The van der Waals surface area contributed by atoms with Crippen molar-refractivity contribution in [3.05, 3.63) is 54.7 Å². The molecule has 2 rings (SSSR count). The predicted octanol–water partition coefficient (Wildman–Crippen LogP) is 3.91. The summed E-state index contributed by atoms with van der Waals surface area (Å²) in [7, 11) is 0. The van der Waals surface area contributed by atoms with Crippen molar-refractivity contribution in [1.82, 2.24) is 0 Å². The van der Waals surface area contributed by atoms with Crippen molar-refractivity contribution >= 4 is 56.8 Å². The van der Waals surface area contributed by atoms with Crippen LogP contribution in [-0.4, -0.2) is 16.1 Å². The van der Waals surface area contributed by atoms with Crippen LogP contribution in [0, 0.1) is 7.14 Å². The number of para-hydroxylation sites is 1. The van der Waals surface area contributed by atoms with Crippen molar-refractivity contribution in [2.75, 3.05) is 5.32 Å². The zero-order valence-electron chi connectivity index (χ0n) is 11.1. The lowest BCUT2D eigenvalue weighted by atomic mass is 10.1. The molecule has 21 heavy (non-hydrogen) atoms. The summed E-state index contributed by atoms with van der Waals surface area (Å²) < 4.78 is 1.48. The number of carbonyl (C=O) groups excluding carboxylic acids is 1. The van der Waals surface area contributed by atoms with Crippen LogP contribution in [0.1, 0.15) is 28.9 Å². The van der Waals surface area contributed by atoms with Crippen molar-refractivity contribution in [2.45, 2.75) is 13.0 Å². The summed E-state index contributed by atoms with van der Waals surface area (Å²) in [5, 5.41) is 22.5. The molecule has 0 heterocycles. The Morgan fingerprint density at radius 1 is 1.24 bits per heavy atom. The minimum absolute atomic E-state index is 0.0388. The molecule has 110 valence electrons. The Kier molecular flexibility index (Phi) is 5.44. The standard InChI is InChI=1S/C15H13I2NO3/c1-8(19)10-4-2-3-5-13(10)18-15(21)11-6-9(16)7-12(17)14(11)20/h2-8,19-20H,1H3,(H,18,21). The number of phenols is 1. The Bertz CT molecular complexity index is 687. The fraction of sp³-hybridized carbons (Fsp3) is 0.133. The molecule has 2 aromatic rings. The van der Waals surface area contributed by atoms with E-state index < -0.39 is 12.0 Å². The number of hydrogen-bond donors (Lipinski definition) is 3. The summed E-state index contributed by atoms with van der Waals surface area (Å²) in [6.45, 7) is 1.64. The first-order valence-corrected chi connectivity index (χ1v) is 8.32. The highest BCUT2D eigenvalue weighted by Crippen LogP contribution is 2.29. The normalized spacial score (nSPS) is 12.0. The van der Waals surface area contributed by atoms with Crippen molar-refractivity contribution in [2.24, 2.45) is 0 Å². The Morgan fingerprint density at radius 3 is 2.57 bits per heavy atom. The third-order valence-electron chi connectivity index (χ3n) is 2.93. The van der Waals surface area contributed by atoms with Crippen LogP contribution < -0.4 is 5.32 Å². The monoisotopic (exact) mass is 509 g/mol. The number of aliphatic hydroxyl groups is 1. The molecule has 0 aliphatic carbocycles. The number of benzene rings is 2. The van der Waals surface area contributed by atoms with Gasteiger partial charge in [0, 0.05) is 14.8 Å². The molecule has 0 radical (unpaired) electrons. The molecule has 4 nitrogen and oxygen atoms in total. The van der Waals surface area contributed by atoms with Gasteiger partial charge in [0.15, 0.2) is 0 Å². The van der Waals surface area contributed by atoms with Gasteiger partial charge in [-0.2, -0.15) is 0 Å². The summed E-state index contributed by atoms with van der Waals surface area (Å²) in [6.07, 6.45) is -0.689. The van der Waals surface area contributed by atoms with E-state index in [2.05, 4.69) is 27.9 Å². The molecule has 0 bridgehead atoms. The van der Waals surface area contributed by atoms with E-state index >= 15 is 0 Å². The minimum Gasteiger partial charge on any atom is -0.506 e.